The summed E-state index contributed by atoms with van der Waals surface area (Å²) >= 11 is 0. The van der Waals surface area contributed by atoms with Crippen molar-refractivity contribution >= 4 is 11.1 Å². The van der Waals surface area contributed by atoms with Gasteiger partial charge in [0.05, 0.1) is 22.3 Å². The minimum absolute atomic E-state index is 0.0153. The van der Waals surface area contributed by atoms with Crippen molar-refractivity contribution in [3.05, 3.63) is 115 Å². The quantitative estimate of drug-likeness (QED) is 0.499. The van der Waals surface area contributed by atoms with Gasteiger partial charge in [0.1, 0.15) is 71.3 Å². The molecule has 2 aliphatic carbocycles. The molecule has 0 saturated heterocycles. The summed E-state index contributed by atoms with van der Waals surface area (Å²) in [5.74, 6) is -1.91. The fraction of sp³-hybridized carbons (Fsp3) is 0. The summed E-state index contributed by atoms with van der Waals surface area (Å²) in [6, 6.07) is 20.7. The van der Waals surface area contributed by atoms with Crippen LogP contribution in [0.25, 0.3) is 11.1 Å². The fourth-order valence-electron chi connectivity index (χ4n) is 4.60. The van der Waals surface area contributed by atoms with Crippen LogP contribution >= 0.6 is 0 Å². The van der Waals surface area contributed by atoms with E-state index < -0.39 is 22.8 Å². The van der Waals surface area contributed by atoms with Gasteiger partial charge < -0.3 is 0 Å². The number of nitriles is 8. The van der Waals surface area contributed by atoms with Crippen molar-refractivity contribution in [3.63, 3.8) is 0 Å². The molecule has 0 amide bonds. The van der Waals surface area contributed by atoms with Gasteiger partial charge in [-0.3, -0.25) is 0 Å². The second-order valence-electron chi connectivity index (χ2n) is 8.03. The molecule has 0 fully saturated rings. The number of hydrogen-bond donors (Lipinski definition) is 0. The minimum Gasteiger partial charge on any atom is -0.206 e. The van der Waals surface area contributed by atoms with Crippen molar-refractivity contribution in [2.45, 2.75) is 0 Å². The molecule has 0 saturated carbocycles. The molecule has 8 nitrogen and oxygen atoms in total. The maximum atomic E-state index is 14.7. The molecule has 2 aliphatic rings. The Morgan fingerprint density at radius 3 is 1.07 bits per heavy atom. The van der Waals surface area contributed by atoms with Crippen molar-refractivity contribution < 1.29 is 8.78 Å². The molecule has 4 rings (SSSR count). The molecule has 0 spiro atoms. The van der Waals surface area contributed by atoms with Crippen LogP contribution in [0, 0.1) is 102 Å². The zero-order valence-electron chi connectivity index (χ0n) is 19.8. The third kappa shape index (κ3) is 3.66. The fourth-order valence-corrected chi connectivity index (χ4v) is 4.60. The van der Waals surface area contributed by atoms with Crippen LogP contribution in [0.3, 0.4) is 0 Å². The van der Waals surface area contributed by atoms with Crippen molar-refractivity contribution in [3.8, 4) is 48.6 Å². The molecular weight excluding hydrogens is 510 g/mol. The van der Waals surface area contributed by atoms with Crippen LogP contribution in [-0.4, -0.2) is 0 Å². The number of allylic oxidation sites excluding steroid dienone is 10. The summed E-state index contributed by atoms with van der Waals surface area (Å²) in [5, 5.41) is 78.0. The van der Waals surface area contributed by atoms with E-state index in [1.54, 1.807) is 36.4 Å². The number of hydrogen-bond acceptors (Lipinski definition) is 8. The van der Waals surface area contributed by atoms with Crippen LogP contribution in [-0.2, 0) is 0 Å². The lowest BCUT2D eigenvalue weighted by Crippen LogP contribution is -2.02. The Morgan fingerprint density at radius 2 is 0.825 bits per heavy atom. The zero-order chi connectivity index (χ0) is 29.1. The van der Waals surface area contributed by atoms with Gasteiger partial charge in [-0.25, -0.2) is 8.78 Å². The monoisotopic (exact) mass is 516 g/mol. The topological polar surface area (TPSA) is 190 Å². The van der Waals surface area contributed by atoms with Gasteiger partial charge >= 0.3 is 0 Å². The normalized spacial score (nSPS) is 13.2. The smallest absolute Gasteiger partial charge is 0.141 e. The van der Waals surface area contributed by atoms with Crippen molar-refractivity contribution in [1.29, 1.82) is 42.1 Å². The predicted molar refractivity (Wildman–Crippen MR) is 131 cm³/mol. The summed E-state index contributed by atoms with van der Waals surface area (Å²) in [5.41, 5.74) is -3.35. The van der Waals surface area contributed by atoms with E-state index in [2.05, 4.69) is 0 Å². The van der Waals surface area contributed by atoms with Gasteiger partial charge in [0.25, 0.3) is 0 Å². The average molecular weight is 516 g/mol. The molecule has 40 heavy (non-hydrogen) atoms. The van der Waals surface area contributed by atoms with Gasteiger partial charge in [-0.2, -0.15) is 42.1 Å². The molecule has 0 atom stereocenters. The van der Waals surface area contributed by atoms with E-state index in [1.165, 1.54) is 12.1 Å². The lowest BCUT2D eigenvalue weighted by molar-refractivity contribution is 0.623. The first-order valence-electron chi connectivity index (χ1n) is 10.9. The van der Waals surface area contributed by atoms with E-state index in [9.17, 15) is 40.4 Å². The maximum Gasteiger partial charge on any atom is 0.141 e. The molecule has 0 aliphatic heterocycles. The number of nitrogens with zero attached hydrogens (tertiary/aromatic N) is 8. The van der Waals surface area contributed by atoms with Crippen LogP contribution in [0.2, 0.25) is 0 Å². The maximum absolute atomic E-state index is 14.7. The highest BCUT2D eigenvalue weighted by molar-refractivity contribution is 6.11. The summed E-state index contributed by atoms with van der Waals surface area (Å²) < 4.78 is 29.3. The third-order valence-electron chi connectivity index (χ3n) is 6.18. The largest absolute Gasteiger partial charge is 0.206 e. The zero-order valence-corrected chi connectivity index (χ0v) is 19.8. The second kappa shape index (κ2) is 10.1. The molecule has 0 aromatic heterocycles. The number of halogens is 2. The summed E-state index contributed by atoms with van der Waals surface area (Å²) in [7, 11) is 0. The number of rotatable bonds is 2. The molecule has 0 heterocycles. The molecule has 0 bridgehead atoms. The summed E-state index contributed by atoms with van der Waals surface area (Å²) in [6.07, 6.45) is 0. The average Bonchev–Trinajstić information content (AvgIpc) is 3.47. The number of benzene rings is 2. The van der Waals surface area contributed by atoms with Gasteiger partial charge in [-0.15, -0.1) is 0 Å². The molecule has 10 heteroatoms. The van der Waals surface area contributed by atoms with Crippen molar-refractivity contribution in [2.24, 2.45) is 0 Å². The second-order valence-corrected chi connectivity index (χ2v) is 8.03. The van der Waals surface area contributed by atoms with E-state index in [0.717, 1.165) is 24.3 Å². The Hall–Kier alpha value is -7.08. The summed E-state index contributed by atoms with van der Waals surface area (Å²) in [4.78, 5) is 0. The SMILES string of the molecule is N#CC(C#N)=C1C2=C(C(C#N)=C1c1ccc(C#N)c(F)c1)C(=C(C#N)C#N)C(c1ccc(C#N)c(F)c1)=C2C#N. The molecule has 0 radical (unpaired) electrons. The molecule has 2 aromatic carbocycles. The first kappa shape index (κ1) is 26.0. The minimum atomic E-state index is -0.957. The Morgan fingerprint density at radius 1 is 0.475 bits per heavy atom. The molecule has 0 N–H and O–H groups in total. The van der Waals surface area contributed by atoms with Crippen molar-refractivity contribution in [2.75, 3.05) is 0 Å². The van der Waals surface area contributed by atoms with E-state index in [1.807, 2.05) is 12.1 Å². The van der Waals surface area contributed by atoms with Crippen LogP contribution in [0.4, 0.5) is 8.78 Å². The van der Waals surface area contributed by atoms with E-state index >= 15 is 0 Å². The first-order chi connectivity index (χ1) is 19.3. The standard InChI is InChI=1S/C30H6F2N8/c31-23-5-15(1-3-17(23)7-33)25-21(13-39)29-28(20(11-37)12-38)26(16-2-4-18(8-34)24(32)6-16)22(14-40)30(29)27(25)19(9-35)10-36/h1-6H. The predicted octanol–water partition coefficient (Wildman–Crippen LogP) is 4.97. The molecule has 2 aromatic rings. The van der Waals surface area contributed by atoms with E-state index in [0.29, 0.717) is 0 Å². The van der Waals surface area contributed by atoms with Crippen LogP contribution in [0.15, 0.2) is 81.0 Å². The Kier molecular flexibility index (Phi) is 6.58. The first-order valence-corrected chi connectivity index (χ1v) is 10.9. The van der Waals surface area contributed by atoms with E-state index in [-0.39, 0.29) is 66.8 Å². The Bertz CT molecular complexity index is 1920. The highest BCUT2D eigenvalue weighted by Gasteiger charge is 2.44. The summed E-state index contributed by atoms with van der Waals surface area (Å²) in [6.45, 7) is 0. The lowest BCUT2D eigenvalue weighted by Gasteiger charge is -2.15. The third-order valence-corrected chi connectivity index (χ3v) is 6.18. The van der Waals surface area contributed by atoms with Gasteiger partial charge in [0.2, 0.25) is 0 Å². The van der Waals surface area contributed by atoms with Crippen molar-refractivity contribution in [1.82, 2.24) is 0 Å². The van der Waals surface area contributed by atoms with Gasteiger partial charge in [0.15, 0.2) is 0 Å². The van der Waals surface area contributed by atoms with Crippen LogP contribution in [0.1, 0.15) is 22.3 Å². The Labute approximate surface area is 225 Å². The highest BCUT2D eigenvalue weighted by atomic mass is 19.1. The van der Waals surface area contributed by atoms with Gasteiger partial charge in [-0.1, -0.05) is 12.1 Å². The molecule has 180 valence electrons. The van der Waals surface area contributed by atoms with Gasteiger partial charge in [0, 0.05) is 33.4 Å². The lowest BCUT2D eigenvalue weighted by atomic mass is 9.84. The van der Waals surface area contributed by atoms with E-state index in [4.69, 9.17) is 10.5 Å². The van der Waals surface area contributed by atoms with Crippen LogP contribution < -0.4 is 0 Å². The molecule has 0 unspecified atom stereocenters. The van der Waals surface area contributed by atoms with Gasteiger partial charge in [-0.05, 0) is 35.4 Å². The molecular formula is C30H6F2N8. The Balaban J connectivity index is 2.23. The van der Waals surface area contributed by atoms with Crippen LogP contribution in [0.5, 0.6) is 0 Å². The highest BCUT2D eigenvalue weighted by Crippen LogP contribution is 2.57.